The van der Waals surface area contributed by atoms with E-state index in [1.807, 2.05) is 6.07 Å². The van der Waals surface area contributed by atoms with Crippen LogP contribution < -0.4 is 10.5 Å². The van der Waals surface area contributed by atoms with Crippen LogP contribution in [-0.2, 0) is 5.60 Å². The molecule has 0 saturated heterocycles. The zero-order valence-corrected chi connectivity index (χ0v) is 7.58. The van der Waals surface area contributed by atoms with Crippen molar-refractivity contribution in [1.29, 1.82) is 0 Å². The molecule has 0 atom stereocenters. The molecule has 3 nitrogen and oxygen atoms in total. The van der Waals surface area contributed by atoms with E-state index in [1.54, 1.807) is 19.2 Å². The number of aliphatic hydroxyl groups is 1. The molecule has 0 amide bonds. The van der Waals surface area contributed by atoms with Gasteiger partial charge in [0.15, 0.2) is 0 Å². The minimum atomic E-state index is -0.611. The second kappa shape index (κ2) is 2.64. The molecule has 70 valence electrons. The van der Waals surface area contributed by atoms with Gasteiger partial charge in [-0.1, -0.05) is 6.07 Å². The largest absolute Gasteiger partial charge is 0.495 e. The van der Waals surface area contributed by atoms with Gasteiger partial charge in [-0.2, -0.15) is 0 Å². The average molecular weight is 179 g/mol. The highest BCUT2D eigenvalue weighted by molar-refractivity contribution is 5.55. The van der Waals surface area contributed by atoms with E-state index in [1.165, 1.54) is 0 Å². The lowest BCUT2D eigenvalue weighted by Crippen LogP contribution is -2.05. The van der Waals surface area contributed by atoms with Crippen LogP contribution in [0.25, 0.3) is 0 Å². The van der Waals surface area contributed by atoms with Gasteiger partial charge in [0, 0.05) is 0 Å². The fourth-order valence-corrected chi connectivity index (χ4v) is 1.43. The van der Waals surface area contributed by atoms with Crippen LogP contribution in [0, 0.1) is 0 Å². The number of hydrogen-bond acceptors (Lipinski definition) is 3. The number of ether oxygens (including phenoxy) is 1. The monoisotopic (exact) mass is 179 g/mol. The molecule has 1 fully saturated rings. The van der Waals surface area contributed by atoms with Crippen LogP contribution in [0.4, 0.5) is 5.69 Å². The van der Waals surface area contributed by atoms with Crippen molar-refractivity contribution < 1.29 is 9.84 Å². The van der Waals surface area contributed by atoms with Crippen molar-refractivity contribution >= 4 is 5.69 Å². The molecule has 3 heteroatoms. The minimum absolute atomic E-state index is 0.584. The topological polar surface area (TPSA) is 55.5 Å². The zero-order valence-electron chi connectivity index (χ0n) is 7.58. The lowest BCUT2D eigenvalue weighted by Gasteiger charge is -2.10. The molecule has 0 spiro atoms. The van der Waals surface area contributed by atoms with E-state index in [2.05, 4.69) is 0 Å². The smallest absolute Gasteiger partial charge is 0.141 e. The molecular formula is C10H13NO2. The van der Waals surface area contributed by atoms with E-state index >= 15 is 0 Å². The average Bonchev–Trinajstić information content (AvgIpc) is 2.85. The Balaban J connectivity index is 2.36. The summed E-state index contributed by atoms with van der Waals surface area (Å²) in [6, 6.07) is 5.44. The van der Waals surface area contributed by atoms with E-state index in [0.29, 0.717) is 11.4 Å². The van der Waals surface area contributed by atoms with Gasteiger partial charge in [-0.25, -0.2) is 0 Å². The Bertz CT molecular complexity index is 332. The third kappa shape index (κ3) is 1.35. The summed E-state index contributed by atoms with van der Waals surface area (Å²) in [5, 5.41) is 9.79. The quantitative estimate of drug-likeness (QED) is 0.672. The number of methoxy groups -OCH3 is 1. The molecule has 1 aliphatic carbocycles. The predicted octanol–water partition coefficient (Wildman–Crippen LogP) is 1.26. The molecule has 0 radical (unpaired) electrons. The van der Waals surface area contributed by atoms with Gasteiger partial charge in [0.2, 0.25) is 0 Å². The van der Waals surface area contributed by atoms with Crippen molar-refractivity contribution in [3.8, 4) is 5.75 Å². The van der Waals surface area contributed by atoms with Crippen molar-refractivity contribution in [2.75, 3.05) is 12.8 Å². The minimum Gasteiger partial charge on any atom is -0.495 e. The summed E-state index contributed by atoms with van der Waals surface area (Å²) in [5.74, 6) is 0.660. The fraction of sp³-hybridized carbons (Fsp3) is 0.400. The van der Waals surface area contributed by atoms with E-state index in [9.17, 15) is 5.11 Å². The summed E-state index contributed by atoms with van der Waals surface area (Å²) in [4.78, 5) is 0. The normalized spacial score (nSPS) is 18.3. The van der Waals surface area contributed by atoms with Gasteiger partial charge >= 0.3 is 0 Å². The molecule has 0 bridgehead atoms. The first-order chi connectivity index (χ1) is 6.15. The highest BCUT2D eigenvalue weighted by Crippen LogP contribution is 2.46. The summed E-state index contributed by atoms with van der Waals surface area (Å²) in [6.07, 6.45) is 1.66. The van der Waals surface area contributed by atoms with Gasteiger partial charge < -0.3 is 15.6 Å². The third-order valence-electron chi connectivity index (χ3n) is 2.49. The molecule has 1 aromatic rings. The van der Waals surface area contributed by atoms with Gasteiger partial charge in [-0.05, 0) is 30.5 Å². The maximum Gasteiger partial charge on any atom is 0.141 e. The van der Waals surface area contributed by atoms with Crippen molar-refractivity contribution in [3.05, 3.63) is 23.8 Å². The highest BCUT2D eigenvalue weighted by atomic mass is 16.5. The molecule has 1 aliphatic rings. The lowest BCUT2D eigenvalue weighted by molar-refractivity contribution is 0.151. The van der Waals surface area contributed by atoms with Gasteiger partial charge in [0.05, 0.1) is 18.4 Å². The van der Waals surface area contributed by atoms with E-state index in [0.717, 1.165) is 18.4 Å². The molecule has 0 unspecified atom stereocenters. The van der Waals surface area contributed by atoms with Crippen LogP contribution in [0.2, 0.25) is 0 Å². The summed E-state index contributed by atoms with van der Waals surface area (Å²) in [5.41, 5.74) is 6.59. The lowest BCUT2D eigenvalue weighted by atomic mass is 10.1. The van der Waals surface area contributed by atoms with Crippen LogP contribution in [0.15, 0.2) is 18.2 Å². The fourth-order valence-electron chi connectivity index (χ4n) is 1.43. The van der Waals surface area contributed by atoms with Crippen molar-refractivity contribution in [2.24, 2.45) is 0 Å². The van der Waals surface area contributed by atoms with Crippen molar-refractivity contribution in [2.45, 2.75) is 18.4 Å². The highest BCUT2D eigenvalue weighted by Gasteiger charge is 2.42. The second-order valence-electron chi connectivity index (χ2n) is 3.49. The Morgan fingerprint density at radius 3 is 2.62 bits per heavy atom. The van der Waals surface area contributed by atoms with Crippen LogP contribution in [0.3, 0.4) is 0 Å². The van der Waals surface area contributed by atoms with E-state index in [4.69, 9.17) is 10.5 Å². The van der Waals surface area contributed by atoms with E-state index in [-0.39, 0.29) is 0 Å². The number of benzene rings is 1. The molecule has 0 heterocycles. The Kier molecular flexibility index (Phi) is 1.70. The second-order valence-corrected chi connectivity index (χ2v) is 3.49. The van der Waals surface area contributed by atoms with Crippen LogP contribution >= 0.6 is 0 Å². The Hall–Kier alpha value is -1.22. The number of nitrogens with two attached hydrogens (primary N) is 1. The van der Waals surface area contributed by atoms with Crippen LogP contribution in [0.1, 0.15) is 18.4 Å². The first kappa shape index (κ1) is 8.38. The van der Waals surface area contributed by atoms with Gasteiger partial charge in [-0.15, -0.1) is 0 Å². The predicted molar refractivity (Wildman–Crippen MR) is 50.5 cm³/mol. The zero-order chi connectivity index (χ0) is 9.47. The molecule has 2 rings (SSSR count). The maximum absolute atomic E-state index is 9.79. The molecule has 13 heavy (non-hydrogen) atoms. The molecule has 3 N–H and O–H groups in total. The molecule has 1 aromatic carbocycles. The Morgan fingerprint density at radius 1 is 1.46 bits per heavy atom. The summed E-state index contributed by atoms with van der Waals surface area (Å²) < 4.78 is 5.03. The first-order valence-electron chi connectivity index (χ1n) is 4.32. The number of hydrogen-bond donors (Lipinski definition) is 2. The van der Waals surface area contributed by atoms with Gasteiger partial charge in [0.1, 0.15) is 5.75 Å². The number of nitrogen functional groups attached to an aromatic ring is 1. The first-order valence-corrected chi connectivity index (χ1v) is 4.32. The van der Waals surface area contributed by atoms with E-state index < -0.39 is 5.60 Å². The van der Waals surface area contributed by atoms with Gasteiger partial charge in [0.25, 0.3) is 0 Å². The molecule has 0 aromatic heterocycles. The molecular weight excluding hydrogens is 166 g/mol. The standard InChI is InChI=1S/C10H13NO2/c1-13-9-3-2-7(6-8(9)11)10(12)4-5-10/h2-3,6,12H,4-5,11H2,1H3. The van der Waals surface area contributed by atoms with Crippen LogP contribution in [-0.4, -0.2) is 12.2 Å². The number of anilines is 1. The Labute approximate surface area is 77.1 Å². The summed E-state index contributed by atoms with van der Waals surface area (Å²) in [6.45, 7) is 0. The maximum atomic E-state index is 9.79. The summed E-state index contributed by atoms with van der Waals surface area (Å²) >= 11 is 0. The third-order valence-corrected chi connectivity index (χ3v) is 2.49. The molecule has 0 aliphatic heterocycles. The Morgan fingerprint density at radius 2 is 2.15 bits per heavy atom. The van der Waals surface area contributed by atoms with Crippen molar-refractivity contribution in [3.63, 3.8) is 0 Å². The SMILES string of the molecule is COc1ccc(C2(O)CC2)cc1N. The van der Waals surface area contributed by atoms with Crippen LogP contribution in [0.5, 0.6) is 5.75 Å². The number of rotatable bonds is 2. The van der Waals surface area contributed by atoms with Gasteiger partial charge in [-0.3, -0.25) is 0 Å². The summed E-state index contributed by atoms with van der Waals surface area (Å²) in [7, 11) is 1.58. The molecule has 1 saturated carbocycles. The van der Waals surface area contributed by atoms with Crippen molar-refractivity contribution in [1.82, 2.24) is 0 Å².